The third-order valence-electron chi connectivity index (χ3n) is 4.01. The molecular formula is C18H20N2O5. The highest BCUT2D eigenvalue weighted by molar-refractivity contribution is 5.97. The number of hydrogen-bond donors (Lipinski definition) is 1. The van der Waals surface area contributed by atoms with Crippen molar-refractivity contribution in [3.05, 3.63) is 47.9 Å². The predicted octanol–water partition coefficient (Wildman–Crippen LogP) is 2.18. The Bertz CT molecular complexity index is 757. The molecule has 1 aromatic heterocycles. The Morgan fingerprint density at radius 2 is 2.04 bits per heavy atom. The first-order valence-corrected chi connectivity index (χ1v) is 8.09. The number of nitrogens with one attached hydrogen (secondary N) is 1. The largest absolute Gasteiger partial charge is 0.472 e. The quantitative estimate of drug-likeness (QED) is 0.869. The van der Waals surface area contributed by atoms with E-state index in [4.69, 9.17) is 13.9 Å². The van der Waals surface area contributed by atoms with E-state index >= 15 is 0 Å². The number of carbonyl (C=O) groups is 2. The number of hydrogen-bond acceptors (Lipinski definition) is 5. The number of amides is 2. The first-order valence-electron chi connectivity index (χ1n) is 8.09. The van der Waals surface area contributed by atoms with E-state index in [1.807, 2.05) is 25.1 Å². The van der Waals surface area contributed by atoms with Crippen LogP contribution in [0.3, 0.4) is 0 Å². The van der Waals surface area contributed by atoms with Crippen LogP contribution in [0.25, 0.3) is 0 Å². The third kappa shape index (κ3) is 3.76. The molecule has 2 aromatic rings. The van der Waals surface area contributed by atoms with Crippen molar-refractivity contribution in [3.8, 4) is 11.5 Å². The molecule has 0 spiro atoms. The van der Waals surface area contributed by atoms with Gasteiger partial charge < -0.3 is 24.1 Å². The van der Waals surface area contributed by atoms with E-state index in [9.17, 15) is 9.59 Å². The van der Waals surface area contributed by atoms with Gasteiger partial charge in [-0.15, -0.1) is 0 Å². The highest BCUT2D eigenvalue weighted by Crippen LogP contribution is 2.32. The summed E-state index contributed by atoms with van der Waals surface area (Å²) in [4.78, 5) is 26.4. The molecule has 0 saturated heterocycles. The summed E-state index contributed by atoms with van der Waals surface area (Å²) in [6, 6.07) is 6.51. The Labute approximate surface area is 145 Å². The highest BCUT2D eigenvalue weighted by atomic mass is 16.7. The minimum Gasteiger partial charge on any atom is -0.472 e. The average molecular weight is 344 g/mol. The van der Waals surface area contributed by atoms with Crippen molar-refractivity contribution in [3.63, 3.8) is 0 Å². The average Bonchev–Trinajstić information content (AvgIpc) is 3.29. The molecule has 0 aliphatic carbocycles. The molecule has 1 aromatic carbocycles. The Hall–Kier alpha value is -2.96. The molecule has 1 N–H and O–H groups in total. The Balaban J connectivity index is 1.63. The number of furan rings is 1. The van der Waals surface area contributed by atoms with Crippen molar-refractivity contribution in [1.29, 1.82) is 0 Å². The maximum atomic E-state index is 12.6. The van der Waals surface area contributed by atoms with Crippen LogP contribution in [0, 0.1) is 0 Å². The molecule has 25 heavy (non-hydrogen) atoms. The second-order valence-electron chi connectivity index (χ2n) is 5.75. The van der Waals surface area contributed by atoms with Gasteiger partial charge in [0.25, 0.3) is 5.91 Å². The fraction of sp³-hybridized carbons (Fsp3) is 0.333. The molecule has 132 valence electrons. The van der Waals surface area contributed by atoms with E-state index in [1.54, 1.807) is 17.9 Å². The zero-order chi connectivity index (χ0) is 17.8. The summed E-state index contributed by atoms with van der Waals surface area (Å²) >= 11 is 0. The van der Waals surface area contributed by atoms with Crippen LogP contribution in [0.2, 0.25) is 0 Å². The molecule has 2 amide bonds. The van der Waals surface area contributed by atoms with Crippen LogP contribution in [0.15, 0.2) is 41.2 Å². The van der Waals surface area contributed by atoms with E-state index in [0.29, 0.717) is 30.2 Å². The second kappa shape index (κ2) is 7.29. The number of nitrogens with zero attached hydrogens (tertiary/aromatic N) is 1. The van der Waals surface area contributed by atoms with Gasteiger partial charge >= 0.3 is 0 Å². The van der Waals surface area contributed by atoms with Gasteiger partial charge in [-0.2, -0.15) is 0 Å². The predicted molar refractivity (Wildman–Crippen MR) is 89.3 cm³/mol. The summed E-state index contributed by atoms with van der Waals surface area (Å²) in [6.45, 7) is 4.74. The van der Waals surface area contributed by atoms with Gasteiger partial charge in [-0.3, -0.25) is 9.59 Å². The Morgan fingerprint density at radius 3 is 2.76 bits per heavy atom. The number of likely N-dealkylation sites (N-methyl/N-ethyl adjacent to an activating group) is 1. The van der Waals surface area contributed by atoms with Crippen LogP contribution in [0.4, 0.5) is 0 Å². The molecule has 0 saturated carbocycles. The fourth-order valence-corrected chi connectivity index (χ4v) is 2.61. The summed E-state index contributed by atoms with van der Waals surface area (Å²) < 4.78 is 15.5. The molecule has 3 rings (SSSR count). The minimum absolute atomic E-state index is 0.156. The minimum atomic E-state index is -0.642. The smallest absolute Gasteiger partial charge is 0.255 e. The lowest BCUT2D eigenvalue weighted by molar-refractivity contribution is -0.133. The van der Waals surface area contributed by atoms with Gasteiger partial charge in [-0.05, 0) is 37.6 Å². The molecular weight excluding hydrogens is 324 g/mol. The van der Waals surface area contributed by atoms with Crippen molar-refractivity contribution in [1.82, 2.24) is 10.2 Å². The van der Waals surface area contributed by atoms with Gasteiger partial charge in [-0.1, -0.05) is 6.07 Å². The van der Waals surface area contributed by atoms with Crippen LogP contribution in [0.1, 0.15) is 29.8 Å². The molecule has 0 radical (unpaired) electrons. The third-order valence-corrected chi connectivity index (χ3v) is 4.01. The summed E-state index contributed by atoms with van der Waals surface area (Å²) in [5.74, 6) is 0.895. The van der Waals surface area contributed by atoms with Crippen LogP contribution in [-0.4, -0.2) is 36.1 Å². The second-order valence-corrected chi connectivity index (χ2v) is 5.75. The number of fused-ring (bicyclic) bond motifs is 1. The Kier molecular flexibility index (Phi) is 4.92. The maximum absolute atomic E-state index is 12.6. The van der Waals surface area contributed by atoms with Crippen LogP contribution >= 0.6 is 0 Å². The lowest BCUT2D eigenvalue weighted by Gasteiger charge is -2.25. The van der Waals surface area contributed by atoms with E-state index in [0.717, 1.165) is 5.56 Å². The van der Waals surface area contributed by atoms with Gasteiger partial charge in [0.2, 0.25) is 12.7 Å². The maximum Gasteiger partial charge on any atom is 0.255 e. The fourth-order valence-electron chi connectivity index (χ4n) is 2.61. The van der Waals surface area contributed by atoms with E-state index < -0.39 is 6.04 Å². The zero-order valence-corrected chi connectivity index (χ0v) is 14.2. The molecule has 7 nitrogen and oxygen atoms in total. The van der Waals surface area contributed by atoms with Crippen molar-refractivity contribution >= 4 is 11.8 Å². The number of carbonyl (C=O) groups excluding carboxylic acids is 2. The standard InChI is InChI=1S/C18H20N2O5/c1-3-20(9-13-4-5-15-16(8-13)25-11-24-15)18(22)12(2)19-17(21)14-6-7-23-10-14/h4-8,10,12H,3,9,11H2,1-2H3,(H,19,21). The first kappa shape index (κ1) is 16.9. The monoisotopic (exact) mass is 344 g/mol. The molecule has 2 heterocycles. The van der Waals surface area contributed by atoms with Crippen LogP contribution in [0.5, 0.6) is 11.5 Å². The normalized spacial score (nSPS) is 13.4. The van der Waals surface area contributed by atoms with Crippen molar-refractivity contribution in [2.75, 3.05) is 13.3 Å². The van der Waals surface area contributed by atoms with Gasteiger partial charge in [0.05, 0.1) is 11.8 Å². The molecule has 0 bridgehead atoms. The lowest BCUT2D eigenvalue weighted by atomic mass is 10.1. The van der Waals surface area contributed by atoms with Gasteiger partial charge in [0.15, 0.2) is 11.5 Å². The van der Waals surface area contributed by atoms with Gasteiger partial charge in [0.1, 0.15) is 12.3 Å². The van der Waals surface area contributed by atoms with E-state index in [1.165, 1.54) is 12.5 Å². The van der Waals surface area contributed by atoms with Crippen LogP contribution in [-0.2, 0) is 11.3 Å². The van der Waals surface area contributed by atoms with Crippen molar-refractivity contribution < 1.29 is 23.5 Å². The molecule has 1 unspecified atom stereocenters. The molecule has 1 atom stereocenters. The molecule has 7 heteroatoms. The lowest BCUT2D eigenvalue weighted by Crippen LogP contribution is -2.46. The summed E-state index contributed by atoms with van der Waals surface area (Å²) in [5, 5.41) is 2.69. The van der Waals surface area contributed by atoms with Crippen molar-refractivity contribution in [2.24, 2.45) is 0 Å². The first-order chi connectivity index (χ1) is 12.1. The van der Waals surface area contributed by atoms with Crippen molar-refractivity contribution in [2.45, 2.75) is 26.4 Å². The van der Waals surface area contributed by atoms with Gasteiger partial charge in [-0.25, -0.2) is 0 Å². The highest BCUT2D eigenvalue weighted by Gasteiger charge is 2.23. The molecule has 0 fully saturated rings. The summed E-state index contributed by atoms with van der Waals surface area (Å²) in [7, 11) is 0. The summed E-state index contributed by atoms with van der Waals surface area (Å²) in [6.07, 6.45) is 2.76. The number of ether oxygens (including phenoxy) is 2. The number of benzene rings is 1. The van der Waals surface area contributed by atoms with E-state index in [2.05, 4.69) is 5.32 Å². The molecule has 1 aliphatic heterocycles. The molecule has 1 aliphatic rings. The van der Waals surface area contributed by atoms with E-state index in [-0.39, 0.29) is 18.6 Å². The summed E-state index contributed by atoms with van der Waals surface area (Å²) in [5.41, 5.74) is 1.33. The SMILES string of the molecule is CCN(Cc1ccc2c(c1)OCO2)C(=O)C(C)NC(=O)c1ccoc1. The topological polar surface area (TPSA) is 81.0 Å². The zero-order valence-electron chi connectivity index (χ0n) is 14.2. The Morgan fingerprint density at radius 1 is 1.24 bits per heavy atom. The van der Waals surface area contributed by atoms with Crippen LogP contribution < -0.4 is 14.8 Å². The van der Waals surface area contributed by atoms with Gasteiger partial charge in [0, 0.05) is 13.1 Å². The number of rotatable bonds is 6.